The summed E-state index contributed by atoms with van der Waals surface area (Å²) in [6.45, 7) is 14.2. The molecule has 0 unspecified atom stereocenters. The van der Waals surface area contributed by atoms with Crippen LogP contribution in [-0.4, -0.2) is 183 Å². The summed E-state index contributed by atoms with van der Waals surface area (Å²) >= 11 is 0. The molecule has 2 N–H and O–H groups in total. The Labute approximate surface area is 535 Å². The molecule has 0 radical (unpaired) electrons. The van der Waals surface area contributed by atoms with Crippen LogP contribution < -0.4 is 28.4 Å². The van der Waals surface area contributed by atoms with Gasteiger partial charge in [0.15, 0.2) is 23.0 Å². The maximum absolute atomic E-state index is 14.4. The van der Waals surface area contributed by atoms with Gasteiger partial charge in [-0.15, -0.1) is 0 Å². The first-order valence-corrected chi connectivity index (χ1v) is 32.9. The standard InChI is InChI=1S/C68H107BF2N2O17/c1-7-10-13-16-19-22-29-84-63-50-56(51-64(85-30-23-20-17-14-11-8-2)67(63)88-31-24-21-18-15-12-9-3)58-26-28-60(73-58)62(90-69(70)71)54-61(74)59-27-25-57(72-59)55-52-65(86-47-44-81-41-38-78-35-32-75-4)68(89-49-46-83-43-40-80-37-34-77-6)66(53-55)87-48-45-82-42-39-79-36-33-76-5/h25-28,50-54,72-73H,7-24,29-49H2,1-6H3/b62-54-. The number of aromatic amines is 2. The average Bonchev–Trinajstić information content (AvgIpc) is 1.56. The number of carbonyl (C=O) groups excluding carboxylic acids is 1. The molecule has 0 saturated heterocycles. The lowest BCUT2D eigenvalue weighted by Crippen LogP contribution is -2.15. The fourth-order valence-electron chi connectivity index (χ4n) is 9.26. The minimum atomic E-state index is -3.24. The third-order valence-corrected chi connectivity index (χ3v) is 14.2. The van der Waals surface area contributed by atoms with Crippen molar-refractivity contribution in [3.8, 4) is 57.0 Å². The predicted octanol–water partition coefficient (Wildman–Crippen LogP) is 14.2. The summed E-state index contributed by atoms with van der Waals surface area (Å²) in [5.41, 5.74) is 2.55. The maximum atomic E-state index is 14.4. The van der Waals surface area contributed by atoms with E-state index in [0.717, 1.165) is 63.9 Å². The third kappa shape index (κ3) is 33.2. The van der Waals surface area contributed by atoms with Crippen LogP contribution in [0, 0.1) is 0 Å². The molecule has 2 heterocycles. The first kappa shape index (κ1) is 77.0. The molecule has 0 aliphatic heterocycles. The van der Waals surface area contributed by atoms with Gasteiger partial charge in [0.05, 0.1) is 130 Å². The Hall–Kier alpha value is -5.43. The summed E-state index contributed by atoms with van der Waals surface area (Å²) in [4.78, 5) is 20.7. The number of methoxy groups -OCH3 is 3. The quantitative estimate of drug-likeness (QED) is 0.0139. The lowest BCUT2D eigenvalue weighted by Gasteiger charge is -2.19. The smallest absolute Gasteiger partial charge is 0.503 e. The van der Waals surface area contributed by atoms with Gasteiger partial charge < -0.3 is 85.7 Å². The van der Waals surface area contributed by atoms with Crippen LogP contribution in [0.5, 0.6) is 34.5 Å². The van der Waals surface area contributed by atoms with Gasteiger partial charge in [0.1, 0.15) is 25.6 Å². The van der Waals surface area contributed by atoms with Crippen LogP contribution in [-0.2, 0) is 47.3 Å². The van der Waals surface area contributed by atoms with Crippen LogP contribution in [0.4, 0.5) is 8.63 Å². The molecule has 4 aromatic rings. The summed E-state index contributed by atoms with van der Waals surface area (Å²) in [5.74, 6) is 1.61. The van der Waals surface area contributed by atoms with Gasteiger partial charge in [0.2, 0.25) is 17.3 Å². The van der Waals surface area contributed by atoms with Crippen molar-refractivity contribution in [2.24, 2.45) is 0 Å². The molecule has 0 aliphatic rings. The number of ether oxygens (including phenoxy) is 15. The van der Waals surface area contributed by atoms with E-state index in [1.165, 1.54) is 57.8 Å². The van der Waals surface area contributed by atoms with Crippen molar-refractivity contribution in [3.63, 3.8) is 0 Å². The van der Waals surface area contributed by atoms with Crippen LogP contribution in [0.25, 0.3) is 28.3 Å². The Balaban J connectivity index is 1.67. The number of H-pyrrole nitrogens is 2. The first-order valence-electron chi connectivity index (χ1n) is 32.9. The number of rotatable bonds is 61. The SMILES string of the molecule is CCCCCCCCOc1cc(-c2ccc(/C(=C/C(=O)c3ccc(-c4cc(OCCOCCOCCOC)c(OCCOCCOCCOC)c(OCCOCCOCCOC)c4)[nH]3)OB(F)F)[nH]2)cc(OCCCCCCCC)c1OCCCCCCCC. The zero-order valence-electron chi connectivity index (χ0n) is 55.0. The summed E-state index contributed by atoms with van der Waals surface area (Å²) < 4.78 is 122. The molecule has 508 valence electrons. The van der Waals surface area contributed by atoms with Crippen molar-refractivity contribution >= 4 is 19.0 Å². The van der Waals surface area contributed by atoms with Gasteiger partial charge in [-0.1, -0.05) is 117 Å². The molecule has 0 fully saturated rings. The summed E-state index contributed by atoms with van der Waals surface area (Å²) in [5, 5.41) is 0. The number of ketones is 1. The zero-order valence-corrected chi connectivity index (χ0v) is 55.0. The Morgan fingerprint density at radius 2 is 0.678 bits per heavy atom. The molecule has 22 heteroatoms. The lowest BCUT2D eigenvalue weighted by molar-refractivity contribution is 0.0146. The minimum absolute atomic E-state index is 0.0962. The molecule has 0 aliphatic carbocycles. The highest BCUT2D eigenvalue weighted by Crippen LogP contribution is 2.44. The highest BCUT2D eigenvalue weighted by Gasteiger charge is 2.25. The minimum Gasteiger partial charge on any atom is -0.503 e. The van der Waals surface area contributed by atoms with Gasteiger partial charge in [-0.25, -0.2) is 8.63 Å². The highest BCUT2D eigenvalue weighted by atomic mass is 19.2. The van der Waals surface area contributed by atoms with Crippen LogP contribution in [0.2, 0.25) is 0 Å². The summed E-state index contributed by atoms with van der Waals surface area (Å²) in [6, 6.07) is 13.9. The number of halogens is 2. The fourth-order valence-corrected chi connectivity index (χ4v) is 9.26. The van der Waals surface area contributed by atoms with Gasteiger partial charge in [-0.3, -0.25) is 4.79 Å². The van der Waals surface area contributed by atoms with E-state index in [9.17, 15) is 13.4 Å². The molecule has 19 nitrogen and oxygen atoms in total. The number of allylic oxidation sites excluding steroid dienone is 1. The van der Waals surface area contributed by atoms with E-state index in [1.807, 2.05) is 12.1 Å². The van der Waals surface area contributed by atoms with E-state index in [4.69, 9.17) is 75.7 Å². The van der Waals surface area contributed by atoms with Crippen LogP contribution in [0.3, 0.4) is 0 Å². The molecular formula is C68H107BF2N2O17. The second-order valence-electron chi connectivity index (χ2n) is 21.5. The number of nitrogens with one attached hydrogen (secondary N) is 2. The highest BCUT2D eigenvalue weighted by molar-refractivity contribution is 6.36. The normalized spacial score (nSPS) is 11.6. The number of aromatic nitrogens is 2. The van der Waals surface area contributed by atoms with Gasteiger partial charge in [-0.2, -0.15) is 0 Å². The van der Waals surface area contributed by atoms with Crippen molar-refractivity contribution in [1.82, 2.24) is 9.97 Å². The fraction of sp³-hybridized carbons (Fsp3) is 0.662. The van der Waals surface area contributed by atoms with Gasteiger partial charge in [-0.05, 0) is 67.8 Å². The van der Waals surface area contributed by atoms with Crippen molar-refractivity contribution in [2.45, 2.75) is 136 Å². The topological polar surface area (TPSA) is 196 Å². The van der Waals surface area contributed by atoms with E-state index >= 15 is 0 Å². The van der Waals surface area contributed by atoms with Crippen molar-refractivity contribution in [2.75, 3.05) is 160 Å². The Kier molecular flexibility index (Phi) is 43.8. The van der Waals surface area contributed by atoms with Crippen LogP contribution >= 0.6 is 0 Å². The van der Waals surface area contributed by atoms with Crippen molar-refractivity contribution in [1.29, 1.82) is 0 Å². The third-order valence-electron chi connectivity index (χ3n) is 14.2. The number of hydrogen-bond acceptors (Lipinski definition) is 17. The number of carbonyl (C=O) groups is 1. The number of benzene rings is 2. The number of unbranched alkanes of at least 4 members (excludes halogenated alkanes) is 15. The second kappa shape index (κ2) is 51.1. The van der Waals surface area contributed by atoms with E-state index in [1.54, 1.807) is 57.7 Å². The van der Waals surface area contributed by atoms with Gasteiger partial charge in [0.25, 0.3) is 0 Å². The molecule has 2 aromatic heterocycles. The molecule has 90 heavy (non-hydrogen) atoms. The van der Waals surface area contributed by atoms with E-state index in [0.29, 0.717) is 156 Å². The van der Waals surface area contributed by atoms with Crippen molar-refractivity contribution in [3.05, 3.63) is 66.0 Å². The van der Waals surface area contributed by atoms with Crippen LogP contribution in [0.15, 0.2) is 54.6 Å². The lowest BCUT2D eigenvalue weighted by atomic mass is 10.1. The van der Waals surface area contributed by atoms with Gasteiger partial charge in [0, 0.05) is 49.9 Å². The zero-order chi connectivity index (χ0) is 64.3. The second-order valence-corrected chi connectivity index (χ2v) is 21.5. The Morgan fingerprint density at radius 3 is 1.06 bits per heavy atom. The molecule has 2 aromatic carbocycles. The molecule has 0 atom stereocenters. The molecule has 0 bridgehead atoms. The van der Waals surface area contributed by atoms with Crippen LogP contribution in [0.1, 0.15) is 153 Å². The van der Waals surface area contributed by atoms with E-state index in [-0.39, 0.29) is 56.8 Å². The molecule has 0 spiro atoms. The molecule has 4 rings (SSSR count). The molecule has 0 amide bonds. The maximum Gasteiger partial charge on any atom is 0.796 e. The average molecular weight is 1270 g/mol. The molecular weight excluding hydrogens is 1170 g/mol. The van der Waals surface area contributed by atoms with Gasteiger partial charge >= 0.3 is 7.47 Å². The monoisotopic (exact) mass is 1270 g/mol. The Morgan fingerprint density at radius 1 is 0.378 bits per heavy atom. The number of hydrogen-bond donors (Lipinski definition) is 2. The van der Waals surface area contributed by atoms with Crippen molar-refractivity contribution < 1.29 is 89.1 Å². The molecule has 0 saturated carbocycles. The summed E-state index contributed by atoms with van der Waals surface area (Å²) in [6.07, 6.45) is 21.0. The summed E-state index contributed by atoms with van der Waals surface area (Å²) in [7, 11) is 1.59. The van der Waals surface area contributed by atoms with E-state index < -0.39 is 13.3 Å². The Bertz CT molecular complexity index is 2380. The predicted molar refractivity (Wildman–Crippen MR) is 347 cm³/mol. The first-order chi connectivity index (χ1) is 44.3. The van der Waals surface area contributed by atoms with E-state index in [2.05, 4.69) is 30.7 Å². The largest absolute Gasteiger partial charge is 0.796 e.